The Hall–Kier alpha value is -1.56. The zero-order valence-electron chi connectivity index (χ0n) is 13.8. The fraction of sp³-hybridized carbons (Fsp3) is 0.556. The number of hydrogen-bond donors (Lipinski definition) is 1. The molecule has 1 N–H and O–H groups in total. The Bertz CT molecular complexity index is 471. The molecule has 1 aromatic rings. The molecule has 23 heavy (non-hydrogen) atoms. The summed E-state index contributed by atoms with van der Waals surface area (Å²) in [6, 6.07) is 7.71. The molecule has 1 heterocycles. The summed E-state index contributed by atoms with van der Waals surface area (Å²) in [6.07, 6.45) is 4.57. The van der Waals surface area contributed by atoms with Crippen LogP contribution in [0.15, 0.2) is 36.6 Å². The van der Waals surface area contributed by atoms with Gasteiger partial charge in [-0.2, -0.15) is 0 Å². The van der Waals surface area contributed by atoms with E-state index >= 15 is 0 Å². The number of rotatable bonds is 9. The van der Waals surface area contributed by atoms with Crippen LogP contribution >= 0.6 is 0 Å². The van der Waals surface area contributed by atoms with Gasteiger partial charge >= 0.3 is 0 Å². The highest BCUT2D eigenvalue weighted by molar-refractivity contribution is 5.26. The summed E-state index contributed by atoms with van der Waals surface area (Å²) in [5.74, 6) is 0.812. The molecule has 0 bridgehead atoms. The van der Waals surface area contributed by atoms with Crippen molar-refractivity contribution in [3.05, 3.63) is 42.2 Å². The van der Waals surface area contributed by atoms with Crippen molar-refractivity contribution in [2.45, 2.75) is 44.7 Å². The summed E-state index contributed by atoms with van der Waals surface area (Å²) in [5, 5.41) is 9.51. The third kappa shape index (κ3) is 5.23. The molecule has 0 fully saturated rings. The number of ether oxygens (including phenoxy) is 4. The Morgan fingerprint density at radius 1 is 1.17 bits per heavy atom. The van der Waals surface area contributed by atoms with Crippen LogP contribution in [-0.4, -0.2) is 43.7 Å². The SMILES string of the molecule is CCCCOC1C=COC(CO)C1OCc1ccc(OC)cc1. The van der Waals surface area contributed by atoms with E-state index in [9.17, 15) is 5.11 Å². The maximum atomic E-state index is 9.51. The zero-order valence-corrected chi connectivity index (χ0v) is 13.8. The normalized spacial score (nSPS) is 23.5. The van der Waals surface area contributed by atoms with E-state index in [1.807, 2.05) is 30.3 Å². The van der Waals surface area contributed by atoms with Crippen molar-refractivity contribution in [1.29, 1.82) is 0 Å². The lowest BCUT2D eigenvalue weighted by molar-refractivity contribution is -0.137. The Balaban J connectivity index is 1.95. The van der Waals surface area contributed by atoms with Gasteiger partial charge < -0.3 is 24.1 Å². The number of methoxy groups -OCH3 is 1. The standard InChI is InChI=1S/C18H26O5/c1-3-4-10-21-16-9-11-22-17(12-19)18(16)23-13-14-5-7-15(20-2)8-6-14/h5-9,11,16-19H,3-4,10,12-13H2,1-2H3. The first-order valence-corrected chi connectivity index (χ1v) is 8.07. The second-order valence-corrected chi connectivity index (χ2v) is 5.50. The first-order chi connectivity index (χ1) is 11.3. The minimum absolute atomic E-state index is 0.106. The van der Waals surface area contributed by atoms with Gasteiger partial charge in [0, 0.05) is 6.61 Å². The molecule has 5 heteroatoms. The minimum Gasteiger partial charge on any atom is -0.497 e. The van der Waals surface area contributed by atoms with E-state index in [4.69, 9.17) is 18.9 Å². The molecule has 0 spiro atoms. The van der Waals surface area contributed by atoms with E-state index in [1.165, 1.54) is 0 Å². The number of benzene rings is 1. The summed E-state index contributed by atoms with van der Waals surface area (Å²) < 4.78 is 22.5. The highest BCUT2D eigenvalue weighted by Crippen LogP contribution is 2.21. The van der Waals surface area contributed by atoms with Crippen molar-refractivity contribution in [3.63, 3.8) is 0 Å². The molecule has 1 aliphatic rings. The molecular formula is C18H26O5. The van der Waals surface area contributed by atoms with Crippen LogP contribution in [-0.2, 0) is 20.8 Å². The Kier molecular flexibility index (Phi) is 7.39. The highest BCUT2D eigenvalue weighted by Gasteiger charge is 2.33. The van der Waals surface area contributed by atoms with Gasteiger partial charge in [-0.1, -0.05) is 25.5 Å². The smallest absolute Gasteiger partial charge is 0.150 e. The fourth-order valence-corrected chi connectivity index (χ4v) is 2.40. The second kappa shape index (κ2) is 9.55. The predicted molar refractivity (Wildman–Crippen MR) is 87.3 cm³/mol. The molecule has 0 aliphatic carbocycles. The van der Waals surface area contributed by atoms with Crippen molar-refractivity contribution >= 4 is 0 Å². The lowest BCUT2D eigenvalue weighted by atomic mass is 10.1. The van der Waals surface area contributed by atoms with Gasteiger partial charge in [-0.3, -0.25) is 0 Å². The van der Waals surface area contributed by atoms with Gasteiger partial charge in [0.1, 0.15) is 24.1 Å². The van der Waals surface area contributed by atoms with E-state index in [0.717, 1.165) is 24.2 Å². The maximum Gasteiger partial charge on any atom is 0.150 e. The zero-order chi connectivity index (χ0) is 16.5. The number of aliphatic hydroxyl groups excluding tert-OH is 1. The van der Waals surface area contributed by atoms with Crippen LogP contribution in [0.3, 0.4) is 0 Å². The Morgan fingerprint density at radius 3 is 2.61 bits per heavy atom. The molecule has 128 valence electrons. The van der Waals surface area contributed by atoms with Crippen LogP contribution in [0.4, 0.5) is 0 Å². The van der Waals surface area contributed by atoms with Gasteiger partial charge in [-0.25, -0.2) is 0 Å². The van der Waals surface area contributed by atoms with Gasteiger partial charge in [-0.15, -0.1) is 0 Å². The van der Waals surface area contributed by atoms with Crippen LogP contribution in [0, 0.1) is 0 Å². The van der Waals surface area contributed by atoms with Crippen molar-refractivity contribution in [3.8, 4) is 5.75 Å². The minimum atomic E-state index is -0.412. The molecule has 5 nitrogen and oxygen atoms in total. The van der Waals surface area contributed by atoms with Gasteiger partial charge in [0.2, 0.25) is 0 Å². The third-order valence-electron chi connectivity index (χ3n) is 3.80. The van der Waals surface area contributed by atoms with E-state index in [2.05, 4.69) is 6.92 Å². The van der Waals surface area contributed by atoms with Crippen LogP contribution in [0.5, 0.6) is 5.75 Å². The van der Waals surface area contributed by atoms with Crippen LogP contribution in [0.1, 0.15) is 25.3 Å². The first-order valence-electron chi connectivity index (χ1n) is 8.07. The second-order valence-electron chi connectivity index (χ2n) is 5.50. The third-order valence-corrected chi connectivity index (χ3v) is 3.80. The molecule has 2 rings (SSSR count). The average molecular weight is 322 g/mol. The van der Waals surface area contributed by atoms with E-state index in [0.29, 0.717) is 13.2 Å². The lowest BCUT2D eigenvalue weighted by Crippen LogP contribution is -2.45. The molecule has 0 saturated carbocycles. The molecule has 0 radical (unpaired) electrons. The molecule has 3 atom stereocenters. The van der Waals surface area contributed by atoms with Gasteiger partial charge in [0.25, 0.3) is 0 Å². The molecule has 1 aliphatic heterocycles. The summed E-state index contributed by atoms with van der Waals surface area (Å²) in [6.45, 7) is 3.12. The highest BCUT2D eigenvalue weighted by atomic mass is 16.6. The summed E-state index contributed by atoms with van der Waals surface area (Å²) in [7, 11) is 1.64. The summed E-state index contributed by atoms with van der Waals surface area (Å²) in [5.41, 5.74) is 1.03. The number of unbranched alkanes of at least 4 members (excludes halogenated alkanes) is 1. The number of hydrogen-bond acceptors (Lipinski definition) is 5. The Labute approximate surface area is 137 Å². The number of aliphatic hydroxyl groups is 1. The Morgan fingerprint density at radius 2 is 1.96 bits per heavy atom. The monoisotopic (exact) mass is 322 g/mol. The topological polar surface area (TPSA) is 57.2 Å². The molecular weight excluding hydrogens is 296 g/mol. The van der Waals surface area contributed by atoms with Crippen molar-refractivity contribution in [2.24, 2.45) is 0 Å². The largest absolute Gasteiger partial charge is 0.497 e. The van der Waals surface area contributed by atoms with Crippen molar-refractivity contribution in [1.82, 2.24) is 0 Å². The molecule has 0 amide bonds. The van der Waals surface area contributed by atoms with E-state index in [-0.39, 0.29) is 18.8 Å². The van der Waals surface area contributed by atoms with Gasteiger partial charge in [0.05, 0.1) is 26.6 Å². The predicted octanol–water partition coefficient (Wildman–Crippen LogP) is 2.67. The van der Waals surface area contributed by atoms with Gasteiger partial charge in [0.15, 0.2) is 0 Å². The first kappa shape index (κ1) is 17.8. The quantitative estimate of drug-likeness (QED) is 0.708. The van der Waals surface area contributed by atoms with E-state index < -0.39 is 6.10 Å². The van der Waals surface area contributed by atoms with Crippen molar-refractivity contribution < 1.29 is 24.1 Å². The molecule has 1 aromatic carbocycles. The molecule has 0 saturated heterocycles. The molecule has 0 aromatic heterocycles. The summed E-state index contributed by atoms with van der Waals surface area (Å²) in [4.78, 5) is 0. The average Bonchev–Trinajstić information content (AvgIpc) is 2.61. The lowest BCUT2D eigenvalue weighted by Gasteiger charge is -2.33. The van der Waals surface area contributed by atoms with Crippen LogP contribution in [0.2, 0.25) is 0 Å². The summed E-state index contributed by atoms with van der Waals surface area (Å²) >= 11 is 0. The maximum absolute atomic E-state index is 9.51. The van der Waals surface area contributed by atoms with Crippen molar-refractivity contribution in [2.75, 3.05) is 20.3 Å². The van der Waals surface area contributed by atoms with E-state index in [1.54, 1.807) is 13.4 Å². The van der Waals surface area contributed by atoms with Crippen LogP contribution < -0.4 is 4.74 Å². The fourth-order valence-electron chi connectivity index (χ4n) is 2.40. The molecule has 3 unspecified atom stereocenters. The van der Waals surface area contributed by atoms with Crippen LogP contribution in [0.25, 0.3) is 0 Å². The van der Waals surface area contributed by atoms with Gasteiger partial charge in [-0.05, 0) is 30.2 Å².